The van der Waals surface area contributed by atoms with Crippen molar-refractivity contribution in [2.24, 2.45) is 0 Å². The Morgan fingerprint density at radius 3 is 2.66 bits per heavy atom. The van der Waals surface area contributed by atoms with Crippen molar-refractivity contribution in [1.29, 1.82) is 0 Å². The summed E-state index contributed by atoms with van der Waals surface area (Å²) in [5.41, 5.74) is 3.18. The van der Waals surface area contributed by atoms with Crippen LogP contribution in [0, 0.1) is 0 Å². The quantitative estimate of drug-likeness (QED) is 0.641. The molecule has 2 N–H and O–H groups in total. The molecule has 5 rings (SSSR count). The number of nitrogens with one attached hydrogen (secondary N) is 2. The largest absolute Gasteiger partial charge is 0.377 e. The minimum absolute atomic E-state index is 0.169. The molecule has 0 radical (unpaired) electrons. The number of nitrogens with zero attached hydrogens (tertiary/aromatic N) is 4. The predicted molar refractivity (Wildman–Crippen MR) is 124 cm³/mol. The summed E-state index contributed by atoms with van der Waals surface area (Å²) >= 11 is 0. The Morgan fingerprint density at radius 2 is 1.94 bits per heavy atom. The summed E-state index contributed by atoms with van der Waals surface area (Å²) < 4.78 is 5.60. The fourth-order valence-corrected chi connectivity index (χ4v) is 3.71. The first-order valence-corrected chi connectivity index (χ1v) is 11.0. The number of morpholine rings is 1. The molecule has 1 atom stereocenters. The Balaban J connectivity index is 1.45. The van der Waals surface area contributed by atoms with E-state index in [0.717, 1.165) is 47.8 Å². The average molecular weight is 431 g/mol. The maximum Gasteiger partial charge on any atom is 0.319 e. The molecule has 8 nitrogen and oxygen atoms in total. The van der Waals surface area contributed by atoms with Gasteiger partial charge < -0.3 is 20.3 Å². The molecular weight excluding hydrogens is 404 g/mol. The minimum Gasteiger partial charge on any atom is -0.377 e. The van der Waals surface area contributed by atoms with E-state index < -0.39 is 0 Å². The van der Waals surface area contributed by atoms with Crippen molar-refractivity contribution in [3.8, 4) is 22.8 Å². The molecule has 0 unspecified atom stereocenters. The van der Waals surface area contributed by atoms with E-state index in [1.807, 2.05) is 48.5 Å². The van der Waals surface area contributed by atoms with E-state index in [4.69, 9.17) is 14.7 Å². The summed E-state index contributed by atoms with van der Waals surface area (Å²) in [5.74, 6) is 1.48. The third-order valence-corrected chi connectivity index (χ3v) is 5.62. The van der Waals surface area contributed by atoms with E-state index in [2.05, 4.69) is 27.4 Å². The lowest BCUT2D eigenvalue weighted by Crippen LogP contribution is -2.44. The highest BCUT2D eigenvalue weighted by Gasteiger charge is 2.24. The molecule has 0 spiro atoms. The highest BCUT2D eigenvalue weighted by atomic mass is 16.5. The third-order valence-electron chi connectivity index (χ3n) is 5.62. The van der Waals surface area contributed by atoms with Crippen LogP contribution in [0.25, 0.3) is 22.8 Å². The highest BCUT2D eigenvalue weighted by Crippen LogP contribution is 2.27. The van der Waals surface area contributed by atoms with Gasteiger partial charge in [0, 0.05) is 36.1 Å². The lowest BCUT2D eigenvalue weighted by molar-refractivity contribution is 0.0985. The summed E-state index contributed by atoms with van der Waals surface area (Å²) in [6.45, 7) is 4.25. The fraction of sp³-hybridized carbons (Fsp3) is 0.333. The van der Waals surface area contributed by atoms with Crippen LogP contribution >= 0.6 is 0 Å². The van der Waals surface area contributed by atoms with Crippen LogP contribution in [0.2, 0.25) is 0 Å². The van der Waals surface area contributed by atoms with Gasteiger partial charge in [-0.25, -0.2) is 14.8 Å². The molecule has 1 aromatic carbocycles. The van der Waals surface area contributed by atoms with Gasteiger partial charge in [0.2, 0.25) is 0 Å². The molecule has 1 aliphatic heterocycles. The fourth-order valence-electron chi connectivity index (χ4n) is 3.71. The number of benzene rings is 1. The maximum atomic E-state index is 12.0. The minimum atomic E-state index is -0.169. The van der Waals surface area contributed by atoms with Crippen LogP contribution in [0.3, 0.4) is 0 Å². The second-order valence-electron chi connectivity index (χ2n) is 8.22. The van der Waals surface area contributed by atoms with Gasteiger partial charge in [0.1, 0.15) is 5.82 Å². The van der Waals surface area contributed by atoms with Crippen LogP contribution in [-0.4, -0.2) is 52.8 Å². The molecule has 2 amide bonds. The smallest absolute Gasteiger partial charge is 0.319 e. The number of carbonyl (C=O) groups excluding carboxylic acids is 1. The number of amides is 2. The third kappa shape index (κ3) is 4.70. The van der Waals surface area contributed by atoms with Crippen molar-refractivity contribution < 1.29 is 9.53 Å². The molecule has 3 aromatic rings. The summed E-state index contributed by atoms with van der Waals surface area (Å²) in [6, 6.07) is 15.7. The first kappa shape index (κ1) is 20.4. The Morgan fingerprint density at radius 1 is 1.09 bits per heavy atom. The summed E-state index contributed by atoms with van der Waals surface area (Å²) in [6.07, 6.45) is 3.88. The molecule has 0 bridgehead atoms. The SMILES string of the molecule is C[C@H]1COCCN1c1cc(-c2ccccn2)nc(-c2ccc(NC(=O)NC3CC3)cc2)n1. The number of carbonyl (C=O) groups is 1. The van der Waals surface area contributed by atoms with Crippen molar-refractivity contribution in [2.45, 2.75) is 31.8 Å². The zero-order valence-corrected chi connectivity index (χ0v) is 18.0. The molecule has 8 heteroatoms. The number of pyridine rings is 1. The van der Waals surface area contributed by atoms with Crippen molar-refractivity contribution in [3.05, 3.63) is 54.7 Å². The number of rotatable bonds is 5. The highest BCUT2D eigenvalue weighted by molar-refractivity contribution is 5.89. The van der Waals surface area contributed by atoms with Gasteiger partial charge in [-0.1, -0.05) is 6.07 Å². The van der Waals surface area contributed by atoms with Crippen LogP contribution < -0.4 is 15.5 Å². The monoisotopic (exact) mass is 430 g/mol. The molecular formula is C24H26N6O2. The summed E-state index contributed by atoms with van der Waals surface area (Å²) in [4.78, 5) is 28.4. The summed E-state index contributed by atoms with van der Waals surface area (Å²) in [7, 11) is 0. The zero-order chi connectivity index (χ0) is 21.9. The number of anilines is 2. The van der Waals surface area contributed by atoms with Gasteiger partial charge in [-0.3, -0.25) is 4.98 Å². The zero-order valence-electron chi connectivity index (χ0n) is 18.0. The van der Waals surface area contributed by atoms with Crippen LogP contribution in [0.5, 0.6) is 0 Å². The number of ether oxygens (including phenoxy) is 1. The first-order chi connectivity index (χ1) is 15.7. The Kier molecular flexibility index (Phi) is 5.68. The average Bonchev–Trinajstić information content (AvgIpc) is 3.64. The van der Waals surface area contributed by atoms with Gasteiger partial charge in [0.05, 0.1) is 30.6 Å². The van der Waals surface area contributed by atoms with Gasteiger partial charge in [0.25, 0.3) is 0 Å². The number of urea groups is 1. The van der Waals surface area contributed by atoms with Crippen molar-refractivity contribution in [1.82, 2.24) is 20.3 Å². The van der Waals surface area contributed by atoms with Gasteiger partial charge >= 0.3 is 6.03 Å². The van der Waals surface area contributed by atoms with Crippen LogP contribution in [0.1, 0.15) is 19.8 Å². The second kappa shape index (κ2) is 8.92. The molecule has 2 aliphatic rings. The summed E-state index contributed by atoms with van der Waals surface area (Å²) in [5, 5.41) is 5.80. The van der Waals surface area contributed by atoms with E-state index in [-0.39, 0.29) is 12.1 Å². The molecule has 1 saturated heterocycles. The van der Waals surface area contributed by atoms with Gasteiger partial charge in [0.15, 0.2) is 5.82 Å². The van der Waals surface area contributed by atoms with Crippen molar-refractivity contribution in [3.63, 3.8) is 0 Å². The predicted octanol–water partition coefficient (Wildman–Crippen LogP) is 3.71. The van der Waals surface area contributed by atoms with Crippen molar-refractivity contribution >= 4 is 17.5 Å². The number of hydrogen-bond donors (Lipinski definition) is 2. The molecule has 32 heavy (non-hydrogen) atoms. The van der Waals surface area contributed by atoms with E-state index >= 15 is 0 Å². The second-order valence-corrected chi connectivity index (χ2v) is 8.22. The van der Waals surface area contributed by atoms with E-state index in [1.54, 1.807) is 6.20 Å². The van der Waals surface area contributed by atoms with E-state index in [0.29, 0.717) is 25.1 Å². The lowest BCUT2D eigenvalue weighted by Gasteiger charge is -2.34. The standard InChI is InChI=1S/C24H26N6O2/c1-16-15-32-13-12-30(16)22-14-21(20-4-2-3-11-25-20)28-23(29-22)17-5-7-18(8-6-17)26-24(31)27-19-9-10-19/h2-8,11,14,16,19H,9-10,12-13,15H2,1H3,(H2,26,27,31)/t16-/m0/s1. The topological polar surface area (TPSA) is 92.3 Å². The van der Waals surface area contributed by atoms with E-state index in [9.17, 15) is 4.79 Å². The van der Waals surface area contributed by atoms with Gasteiger partial charge in [-0.15, -0.1) is 0 Å². The normalized spacial score (nSPS) is 18.3. The maximum absolute atomic E-state index is 12.0. The van der Waals surface area contributed by atoms with Crippen LogP contribution in [0.15, 0.2) is 54.7 Å². The first-order valence-electron chi connectivity index (χ1n) is 11.0. The Labute approximate surface area is 187 Å². The van der Waals surface area contributed by atoms with Crippen LogP contribution in [-0.2, 0) is 4.74 Å². The number of aromatic nitrogens is 3. The van der Waals surface area contributed by atoms with E-state index in [1.165, 1.54) is 0 Å². The lowest BCUT2D eigenvalue weighted by atomic mass is 10.1. The molecule has 1 saturated carbocycles. The molecule has 3 heterocycles. The Hall–Kier alpha value is -3.52. The molecule has 164 valence electrons. The van der Waals surface area contributed by atoms with Crippen LogP contribution in [0.4, 0.5) is 16.3 Å². The molecule has 2 aromatic heterocycles. The molecule has 1 aliphatic carbocycles. The van der Waals surface area contributed by atoms with Gasteiger partial charge in [-0.05, 0) is 56.2 Å². The Bertz CT molecular complexity index is 1090. The number of hydrogen-bond acceptors (Lipinski definition) is 6. The van der Waals surface area contributed by atoms with Crippen molar-refractivity contribution in [2.75, 3.05) is 30.0 Å². The van der Waals surface area contributed by atoms with Gasteiger partial charge in [-0.2, -0.15) is 0 Å². The molecule has 2 fully saturated rings.